The molecule has 0 bridgehead atoms. The number of hydrogen-bond donors (Lipinski definition) is 0. The van der Waals surface area contributed by atoms with E-state index in [4.69, 9.17) is 0 Å². The number of Topliss-reactive ketones (excluding diaryl/α,β-unsaturated/α-hetero) is 6. The van der Waals surface area contributed by atoms with Crippen molar-refractivity contribution in [3.63, 3.8) is 0 Å². The standard InChI is InChI=1S/3C11H20O2.Mn/c3*1-10(2,3)8(12)7-9(13)11(4,5)6;/h3*7H2,1-6H3;. The largest absolute Gasteiger partial charge is 0.299 e. The molecule has 0 aliphatic rings. The minimum Gasteiger partial charge on any atom is -0.299 e. The van der Waals surface area contributed by atoms with E-state index in [1.54, 1.807) is 0 Å². The molecule has 7 heteroatoms. The van der Waals surface area contributed by atoms with Gasteiger partial charge >= 0.3 is 0 Å². The van der Waals surface area contributed by atoms with Gasteiger partial charge in [-0.25, -0.2) is 0 Å². The maximum absolute atomic E-state index is 11.5. The van der Waals surface area contributed by atoms with Gasteiger partial charge < -0.3 is 0 Å². The van der Waals surface area contributed by atoms with Gasteiger partial charge in [-0.1, -0.05) is 125 Å². The van der Waals surface area contributed by atoms with Crippen molar-refractivity contribution in [2.24, 2.45) is 32.5 Å². The normalized spacial score (nSPS) is 12.4. The van der Waals surface area contributed by atoms with Crippen LogP contribution in [-0.2, 0) is 45.8 Å². The monoisotopic (exact) mass is 607 g/mol. The summed E-state index contributed by atoms with van der Waals surface area (Å²) in [6, 6.07) is 0. The fourth-order valence-electron chi connectivity index (χ4n) is 2.03. The van der Waals surface area contributed by atoms with Gasteiger partial charge in [-0.15, -0.1) is 0 Å². The van der Waals surface area contributed by atoms with E-state index in [-0.39, 0.29) is 71.0 Å². The summed E-state index contributed by atoms with van der Waals surface area (Å²) >= 11 is 0. The van der Waals surface area contributed by atoms with Crippen LogP contribution in [-0.4, -0.2) is 34.7 Å². The van der Waals surface area contributed by atoms with Crippen LogP contribution < -0.4 is 0 Å². The van der Waals surface area contributed by atoms with Gasteiger partial charge in [0.1, 0.15) is 34.7 Å². The van der Waals surface area contributed by atoms with Crippen molar-refractivity contribution in [3.05, 3.63) is 0 Å². The van der Waals surface area contributed by atoms with E-state index in [0.29, 0.717) is 0 Å². The van der Waals surface area contributed by atoms with E-state index in [1.165, 1.54) is 0 Å². The van der Waals surface area contributed by atoms with Crippen molar-refractivity contribution in [1.29, 1.82) is 0 Å². The van der Waals surface area contributed by atoms with Gasteiger partial charge in [0, 0.05) is 49.6 Å². The average Bonchev–Trinajstić information content (AvgIpc) is 2.64. The van der Waals surface area contributed by atoms with Crippen LogP contribution in [0.4, 0.5) is 0 Å². The zero-order valence-corrected chi connectivity index (χ0v) is 30.1. The minimum atomic E-state index is -0.402. The molecule has 0 aliphatic carbocycles. The number of carbonyl (C=O) groups excluding carboxylic acids is 6. The van der Waals surface area contributed by atoms with Crippen LogP contribution in [0, 0.1) is 32.5 Å². The third-order valence-electron chi connectivity index (χ3n) is 5.98. The summed E-state index contributed by atoms with van der Waals surface area (Å²) in [5, 5.41) is 0. The molecule has 235 valence electrons. The Kier molecular flexibility index (Phi) is 18.5. The van der Waals surface area contributed by atoms with Crippen molar-refractivity contribution in [2.75, 3.05) is 0 Å². The maximum atomic E-state index is 11.5. The zero-order valence-electron chi connectivity index (χ0n) is 28.9. The summed E-state index contributed by atoms with van der Waals surface area (Å²) < 4.78 is 0. The molecule has 0 aromatic carbocycles. The molecule has 0 saturated carbocycles. The summed E-state index contributed by atoms with van der Waals surface area (Å²) in [5.74, 6) is 0.125. The van der Waals surface area contributed by atoms with Gasteiger partial charge in [-0.2, -0.15) is 0 Å². The molecule has 0 heterocycles. The second-order valence-corrected chi connectivity index (χ2v) is 16.6. The summed E-state index contributed by atoms with van der Waals surface area (Å²) in [6.45, 7) is 33.1. The van der Waals surface area contributed by atoms with Crippen molar-refractivity contribution >= 4 is 34.7 Å². The Hall–Kier alpha value is -1.46. The molecule has 0 aliphatic heterocycles. The molecule has 0 saturated heterocycles. The molecule has 0 N–H and O–H groups in total. The third-order valence-corrected chi connectivity index (χ3v) is 5.98. The number of ketones is 6. The molecule has 0 fully saturated rings. The predicted molar refractivity (Wildman–Crippen MR) is 161 cm³/mol. The smallest absolute Gasteiger partial charge is 0.145 e. The van der Waals surface area contributed by atoms with E-state index in [1.807, 2.05) is 125 Å². The minimum absolute atomic E-state index is 0. The topological polar surface area (TPSA) is 102 Å². The summed E-state index contributed by atoms with van der Waals surface area (Å²) in [6.07, 6.45) is 0.187. The van der Waals surface area contributed by atoms with Crippen LogP contribution >= 0.6 is 0 Å². The Morgan fingerprint density at radius 3 is 0.400 bits per heavy atom. The average molecular weight is 608 g/mol. The van der Waals surface area contributed by atoms with Gasteiger partial charge in [0.15, 0.2) is 0 Å². The molecule has 1 radical (unpaired) electrons. The molecule has 0 amide bonds. The second kappa shape index (κ2) is 16.2. The first-order valence-electron chi connectivity index (χ1n) is 13.8. The summed E-state index contributed by atoms with van der Waals surface area (Å²) in [7, 11) is 0. The first kappa shape index (κ1) is 45.5. The van der Waals surface area contributed by atoms with Gasteiger partial charge in [0.05, 0.1) is 19.3 Å². The van der Waals surface area contributed by atoms with Crippen LogP contribution in [0.1, 0.15) is 144 Å². The van der Waals surface area contributed by atoms with Crippen molar-refractivity contribution < 1.29 is 45.8 Å². The van der Waals surface area contributed by atoms with Crippen molar-refractivity contribution in [1.82, 2.24) is 0 Å². The van der Waals surface area contributed by atoms with E-state index in [2.05, 4.69) is 0 Å². The quantitative estimate of drug-likeness (QED) is 0.225. The molecule has 6 nitrogen and oxygen atoms in total. The van der Waals surface area contributed by atoms with Gasteiger partial charge in [-0.3, -0.25) is 28.8 Å². The van der Waals surface area contributed by atoms with Gasteiger partial charge in [0.25, 0.3) is 0 Å². The Morgan fingerprint density at radius 1 is 0.275 bits per heavy atom. The molecule has 0 aromatic heterocycles. The molecule has 0 unspecified atom stereocenters. The second-order valence-electron chi connectivity index (χ2n) is 16.6. The molecule has 0 spiro atoms. The Bertz CT molecular complexity index is 693. The molecule has 40 heavy (non-hydrogen) atoms. The van der Waals surface area contributed by atoms with Gasteiger partial charge in [0.2, 0.25) is 0 Å². The first-order valence-corrected chi connectivity index (χ1v) is 13.8. The Balaban J connectivity index is -0.000000240. The number of rotatable bonds is 6. The van der Waals surface area contributed by atoms with E-state index < -0.39 is 32.5 Å². The SMILES string of the molecule is CC(C)(C)C(=O)CC(=O)C(C)(C)C.CC(C)(C)C(=O)CC(=O)C(C)(C)C.CC(C)(C)C(=O)CC(=O)C(C)(C)C.[Mn]. The summed E-state index contributed by atoms with van der Waals surface area (Å²) in [5.41, 5.74) is -2.41. The molecular weight excluding hydrogens is 547 g/mol. The van der Waals surface area contributed by atoms with Crippen LogP contribution in [0.15, 0.2) is 0 Å². The molecule has 0 atom stereocenters. The molecule has 0 rings (SSSR count). The molecular formula is C33H60MnO6. The van der Waals surface area contributed by atoms with E-state index in [9.17, 15) is 28.8 Å². The fraction of sp³-hybridized carbons (Fsp3) is 0.818. The fourth-order valence-corrected chi connectivity index (χ4v) is 2.03. The number of carbonyl (C=O) groups is 6. The maximum Gasteiger partial charge on any atom is 0.145 e. The Morgan fingerprint density at radius 2 is 0.350 bits per heavy atom. The van der Waals surface area contributed by atoms with Crippen LogP contribution in [0.5, 0.6) is 0 Å². The van der Waals surface area contributed by atoms with Crippen LogP contribution in [0.25, 0.3) is 0 Å². The van der Waals surface area contributed by atoms with Crippen molar-refractivity contribution in [2.45, 2.75) is 144 Å². The van der Waals surface area contributed by atoms with Crippen molar-refractivity contribution in [3.8, 4) is 0 Å². The third kappa shape index (κ3) is 21.3. The molecule has 0 aromatic rings. The first-order chi connectivity index (χ1) is 16.6. The number of hydrogen-bond acceptors (Lipinski definition) is 6. The van der Waals surface area contributed by atoms with E-state index in [0.717, 1.165) is 0 Å². The van der Waals surface area contributed by atoms with E-state index >= 15 is 0 Å². The summed E-state index contributed by atoms with van der Waals surface area (Å²) in [4.78, 5) is 69.0. The zero-order chi connectivity index (χ0) is 32.6. The Labute approximate surface area is 256 Å². The van der Waals surface area contributed by atoms with Gasteiger partial charge in [-0.05, 0) is 0 Å². The predicted octanol–water partition coefficient (Wildman–Crippen LogP) is 7.82. The van der Waals surface area contributed by atoms with Crippen LogP contribution in [0.2, 0.25) is 0 Å². The van der Waals surface area contributed by atoms with Crippen LogP contribution in [0.3, 0.4) is 0 Å².